The molecule has 1 fully saturated rings. The van der Waals surface area contributed by atoms with Crippen LogP contribution in [0, 0.1) is 5.92 Å². The van der Waals surface area contributed by atoms with E-state index in [1.54, 1.807) is 25.3 Å². The van der Waals surface area contributed by atoms with Crippen molar-refractivity contribution in [1.29, 1.82) is 0 Å². The number of rotatable bonds is 3. The van der Waals surface area contributed by atoms with Gasteiger partial charge in [-0.2, -0.15) is 0 Å². The van der Waals surface area contributed by atoms with E-state index in [4.69, 9.17) is 21.1 Å². The molecule has 1 aliphatic rings. The summed E-state index contributed by atoms with van der Waals surface area (Å²) < 4.78 is 10.5. The number of hydrogen-bond acceptors (Lipinski definition) is 3. The maximum absolute atomic E-state index is 12.3. The third-order valence-corrected chi connectivity index (χ3v) is 3.19. The van der Waals surface area contributed by atoms with Gasteiger partial charge in [0.25, 0.3) is 0 Å². The molecule has 1 aliphatic heterocycles. The molecule has 2 rings (SSSR count). The van der Waals surface area contributed by atoms with Crippen LogP contribution < -0.4 is 4.74 Å². The lowest BCUT2D eigenvalue weighted by Gasteiger charge is -2.21. The van der Waals surface area contributed by atoms with Crippen molar-refractivity contribution in [3.8, 4) is 5.75 Å². The Balaban J connectivity index is 2.25. The smallest absolute Gasteiger partial charge is 0.172 e. The topological polar surface area (TPSA) is 35.5 Å². The van der Waals surface area contributed by atoms with Crippen molar-refractivity contribution in [2.45, 2.75) is 12.8 Å². The van der Waals surface area contributed by atoms with Crippen LogP contribution in [0.25, 0.3) is 0 Å². The standard InChI is InChI=1S/C13H15ClO3/c1-16-12-5-4-10(14)7-11(12)13(15)9-3-2-6-17-8-9/h4-5,7,9H,2-3,6,8H2,1H3. The average Bonchev–Trinajstić information content (AvgIpc) is 2.39. The highest BCUT2D eigenvalue weighted by Gasteiger charge is 2.25. The molecule has 0 aromatic heterocycles. The highest BCUT2D eigenvalue weighted by molar-refractivity contribution is 6.31. The first-order chi connectivity index (χ1) is 8.22. The van der Waals surface area contributed by atoms with E-state index in [9.17, 15) is 4.79 Å². The second-order valence-electron chi connectivity index (χ2n) is 4.12. The van der Waals surface area contributed by atoms with Crippen molar-refractivity contribution in [3.05, 3.63) is 28.8 Å². The Morgan fingerprint density at radius 1 is 1.53 bits per heavy atom. The van der Waals surface area contributed by atoms with E-state index in [2.05, 4.69) is 0 Å². The fraction of sp³-hybridized carbons (Fsp3) is 0.462. The van der Waals surface area contributed by atoms with E-state index >= 15 is 0 Å². The number of hydrogen-bond donors (Lipinski definition) is 0. The summed E-state index contributed by atoms with van der Waals surface area (Å²) in [4.78, 5) is 12.3. The van der Waals surface area contributed by atoms with Gasteiger partial charge < -0.3 is 9.47 Å². The Hall–Kier alpha value is -1.06. The average molecular weight is 255 g/mol. The van der Waals surface area contributed by atoms with Gasteiger partial charge in [0, 0.05) is 17.5 Å². The molecule has 0 bridgehead atoms. The van der Waals surface area contributed by atoms with E-state index in [-0.39, 0.29) is 11.7 Å². The van der Waals surface area contributed by atoms with Gasteiger partial charge >= 0.3 is 0 Å². The van der Waals surface area contributed by atoms with Crippen molar-refractivity contribution in [1.82, 2.24) is 0 Å². The first-order valence-corrected chi connectivity index (χ1v) is 6.05. The number of halogens is 1. The normalized spacial score (nSPS) is 20.0. The van der Waals surface area contributed by atoms with Crippen molar-refractivity contribution >= 4 is 17.4 Å². The molecule has 1 aromatic rings. The monoisotopic (exact) mass is 254 g/mol. The van der Waals surface area contributed by atoms with Crippen LogP contribution in [-0.4, -0.2) is 26.1 Å². The largest absolute Gasteiger partial charge is 0.496 e. The highest BCUT2D eigenvalue weighted by atomic mass is 35.5. The Labute approximate surface area is 106 Å². The Morgan fingerprint density at radius 2 is 2.35 bits per heavy atom. The van der Waals surface area contributed by atoms with Gasteiger partial charge in [0.1, 0.15) is 5.75 Å². The molecule has 17 heavy (non-hydrogen) atoms. The van der Waals surface area contributed by atoms with Gasteiger partial charge in [-0.25, -0.2) is 0 Å². The Bertz CT molecular complexity index is 411. The summed E-state index contributed by atoms with van der Waals surface area (Å²) in [6.07, 6.45) is 1.80. The molecule has 0 amide bonds. The van der Waals surface area contributed by atoms with Crippen LogP contribution >= 0.6 is 11.6 Å². The number of carbonyl (C=O) groups excluding carboxylic acids is 1. The van der Waals surface area contributed by atoms with Crippen LogP contribution in [0.5, 0.6) is 5.75 Å². The van der Waals surface area contributed by atoms with Crippen LogP contribution in [0.1, 0.15) is 23.2 Å². The predicted octanol–water partition coefficient (Wildman–Crippen LogP) is 2.96. The lowest BCUT2D eigenvalue weighted by atomic mass is 9.92. The zero-order chi connectivity index (χ0) is 12.3. The van der Waals surface area contributed by atoms with Gasteiger partial charge in [-0.1, -0.05) is 11.6 Å². The number of methoxy groups -OCH3 is 1. The molecule has 0 N–H and O–H groups in total. The molecule has 1 aromatic carbocycles. The van der Waals surface area contributed by atoms with Crippen molar-refractivity contribution in [3.63, 3.8) is 0 Å². The summed E-state index contributed by atoms with van der Waals surface area (Å²) in [5.41, 5.74) is 0.551. The van der Waals surface area contributed by atoms with Gasteiger partial charge in [0.15, 0.2) is 5.78 Å². The van der Waals surface area contributed by atoms with Crippen molar-refractivity contribution < 1.29 is 14.3 Å². The Kier molecular flexibility index (Phi) is 4.02. The fourth-order valence-electron chi connectivity index (χ4n) is 2.04. The molecule has 1 unspecified atom stereocenters. The van der Waals surface area contributed by atoms with Gasteiger partial charge in [-0.15, -0.1) is 0 Å². The van der Waals surface area contributed by atoms with Gasteiger partial charge in [-0.05, 0) is 31.0 Å². The molecule has 92 valence electrons. The summed E-state index contributed by atoms with van der Waals surface area (Å²) in [7, 11) is 1.55. The van der Waals surface area contributed by atoms with Gasteiger partial charge in [0.2, 0.25) is 0 Å². The summed E-state index contributed by atoms with van der Waals surface area (Å²) in [5.74, 6) is 0.560. The van der Waals surface area contributed by atoms with Crippen LogP contribution in [0.3, 0.4) is 0 Å². The second-order valence-corrected chi connectivity index (χ2v) is 4.56. The molecule has 0 radical (unpaired) electrons. The molecule has 1 atom stereocenters. The second kappa shape index (κ2) is 5.52. The third-order valence-electron chi connectivity index (χ3n) is 2.96. The van der Waals surface area contributed by atoms with Crippen molar-refractivity contribution in [2.24, 2.45) is 5.92 Å². The van der Waals surface area contributed by atoms with Crippen molar-refractivity contribution in [2.75, 3.05) is 20.3 Å². The zero-order valence-electron chi connectivity index (χ0n) is 9.74. The highest BCUT2D eigenvalue weighted by Crippen LogP contribution is 2.27. The van der Waals surface area contributed by atoms with E-state index in [0.29, 0.717) is 22.9 Å². The number of Topliss-reactive ketones (excluding diaryl/α,β-unsaturated/α-hetero) is 1. The predicted molar refractivity (Wildman–Crippen MR) is 65.9 cm³/mol. The summed E-state index contributed by atoms with van der Waals surface area (Å²) in [5, 5.41) is 0.547. The molecule has 4 heteroatoms. The Morgan fingerprint density at radius 3 is 3.00 bits per heavy atom. The molecule has 1 saturated heterocycles. The van der Waals surface area contributed by atoms with Gasteiger partial charge in [-0.3, -0.25) is 4.79 Å². The summed E-state index contributed by atoms with van der Waals surface area (Å²) in [6.45, 7) is 1.24. The fourth-order valence-corrected chi connectivity index (χ4v) is 2.21. The quantitative estimate of drug-likeness (QED) is 0.778. The molecule has 3 nitrogen and oxygen atoms in total. The SMILES string of the molecule is COc1ccc(Cl)cc1C(=O)C1CCCOC1. The maximum atomic E-state index is 12.3. The number of benzene rings is 1. The number of ether oxygens (including phenoxy) is 2. The maximum Gasteiger partial charge on any atom is 0.172 e. The van der Waals surface area contributed by atoms with Crippen LogP contribution in [0.4, 0.5) is 0 Å². The molecule has 0 spiro atoms. The molecular formula is C13H15ClO3. The molecule has 0 aliphatic carbocycles. The van der Waals surface area contributed by atoms with Gasteiger partial charge in [0.05, 0.1) is 19.3 Å². The number of carbonyl (C=O) groups is 1. The summed E-state index contributed by atoms with van der Waals surface area (Å²) >= 11 is 5.92. The zero-order valence-corrected chi connectivity index (χ0v) is 10.5. The minimum absolute atomic E-state index is 0.0593. The van der Waals surface area contributed by atoms with E-state index in [1.807, 2.05) is 0 Å². The van der Waals surface area contributed by atoms with E-state index < -0.39 is 0 Å². The molecular weight excluding hydrogens is 240 g/mol. The van der Waals surface area contributed by atoms with Crippen LogP contribution in [0.2, 0.25) is 5.02 Å². The molecule has 1 heterocycles. The molecule has 0 saturated carbocycles. The van der Waals surface area contributed by atoms with Crippen LogP contribution in [0.15, 0.2) is 18.2 Å². The minimum atomic E-state index is -0.0730. The number of ketones is 1. The summed E-state index contributed by atoms with van der Waals surface area (Å²) in [6, 6.07) is 5.10. The van der Waals surface area contributed by atoms with Crippen LogP contribution in [-0.2, 0) is 4.74 Å². The lowest BCUT2D eigenvalue weighted by molar-refractivity contribution is 0.0459. The van der Waals surface area contributed by atoms with E-state index in [0.717, 1.165) is 19.4 Å². The van der Waals surface area contributed by atoms with E-state index in [1.165, 1.54) is 0 Å². The first-order valence-electron chi connectivity index (χ1n) is 5.68. The minimum Gasteiger partial charge on any atom is -0.496 e. The lowest BCUT2D eigenvalue weighted by Crippen LogP contribution is -2.25. The first kappa shape index (κ1) is 12.4. The third kappa shape index (κ3) is 2.79.